The molecule has 0 bridgehead atoms. The van der Waals surface area contributed by atoms with Gasteiger partial charge in [0.05, 0.1) is 23.5 Å². The van der Waals surface area contributed by atoms with Gasteiger partial charge in [-0.2, -0.15) is 0 Å². The highest BCUT2D eigenvalue weighted by molar-refractivity contribution is 7.98. The van der Waals surface area contributed by atoms with E-state index < -0.39 is 5.97 Å². The molecule has 5 heteroatoms. The van der Waals surface area contributed by atoms with Crippen LogP contribution >= 0.6 is 11.8 Å². The number of aromatic nitrogens is 2. The molecule has 3 aromatic rings. The number of rotatable bonds is 5. The monoisotopic (exact) mass is 297 g/mol. The number of hydrogen-bond donors (Lipinski definition) is 0. The number of imidazole rings is 1. The maximum absolute atomic E-state index is 11.0. The van der Waals surface area contributed by atoms with Gasteiger partial charge in [0, 0.05) is 5.75 Å². The predicted molar refractivity (Wildman–Crippen MR) is 80.7 cm³/mol. The molecule has 106 valence electrons. The average molecular weight is 297 g/mol. The van der Waals surface area contributed by atoms with E-state index in [2.05, 4.69) is 4.98 Å². The summed E-state index contributed by atoms with van der Waals surface area (Å²) in [7, 11) is 0. The van der Waals surface area contributed by atoms with Crippen LogP contribution in [0.3, 0.4) is 0 Å². The van der Waals surface area contributed by atoms with Crippen molar-refractivity contribution in [2.75, 3.05) is 0 Å². The second-order valence-electron chi connectivity index (χ2n) is 4.62. The smallest absolute Gasteiger partial charge is 0.169 e. The Kier molecular flexibility index (Phi) is 3.92. The molecule has 0 radical (unpaired) electrons. The fourth-order valence-electron chi connectivity index (χ4n) is 2.17. The summed E-state index contributed by atoms with van der Waals surface area (Å²) in [6, 6.07) is 17.5. The Bertz CT molecular complexity index is 768. The van der Waals surface area contributed by atoms with Crippen LogP contribution in [0.5, 0.6) is 0 Å². The zero-order valence-corrected chi connectivity index (χ0v) is 12.0. The second kappa shape index (κ2) is 6.01. The van der Waals surface area contributed by atoms with Gasteiger partial charge in [0.25, 0.3) is 0 Å². The van der Waals surface area contributed by atoms with Crippen molar-refractivity contribution in [3.8, 4) is 0 Å². The van der Waals surface area contributed by atoms with Crippen molar-refractivity contribution in [2.24, 2.45) is 0 Å². The number of thioether (sulfide) groups is 1. The third-order valence-electron chi connectivity index (χ3n) is 3.12. The number of para-hydroxylation sites is 2. The Morgan fingerprint density at radius 1 is 1.10 bits per heavy atom. The van der Waals surface area contributed by atoms with Gasteiger partial charge in [0.2, 0.25) is 0 Å². The van der Waals surface area contributed by atoms with E-state index in [0.29, 0.717) is 5.16 Å². The molecule has 0 spiro atoms. The van der Waals surface area contributed by atoms with Gasteiger partial charge in [0.15, 0.2) is 5.16 Å². The Labute approximate surface area is 126 Å². The van der Waals surface area contributed by atoms with Crippen LogP contribution in [0, 0.1) is 0 Å². The summed E-state index contributed by atoms with van der Waals surface area (Å²) >= 11 is 1.53. The quantitative estimate of drug-likeness (QED) is 0.677. The van der Waals surface area contributed by atoms with Crippen LogP contribution in [0.25, 0.3) is 11.0 Å². The van der Waals surface area contributed by atoms with Gasteiger partial charge in [-0.15, -0.1) is 0 Å². The zero-order valence-electron chi connectivity index (χ0n) is 11.2. The summed E-state index contributed by atoms with van der Waals surface area (Å²) < 4.78 is 1.69. The van der Waals surface area contributed by atoms with Crippen LogP contribution in [0.15, 0.2) is 59.8 Å². The SMILES string of the molecule is O=C([O-])Cn1c(SCc2ccccc2)nc2ccccc21. The van der Waals surface area contributed by atoms with Crippen LogP contribution < -0.4 is 5.11 Å². The molecular formula is C16H13N2O2S-. The zero-order chi connectivity index (χ0) is 14.7. The van der Waals surface area contributed by atoms with Crippen molar-refractivity contribution in [3.05, 3.63) is 60.2 Å². The number of carboxylic acid groups (broad SMARTS) is 1. The Morgan fingerprint density at radius 3 is 2.57 bits per heavy atom. The largest absolute Gasteiger partial charge is 0.548 e. The van der Waals surface area contributed by atoms with Gasteiger partial charge in [0.1, 0.15) is 0 Å². The highest BCUT2D eigenvalue weighted by atomic mass is 32.2. The fourth-order valence-corrected chi connectivity index (χ4v) is 3.14. The van der Waals surface area contributed by atoms with Crippen molar-refractivity contribution < 1.29 is 9.90 Å². The molecule has 1 heterocycles. The van der Waals surface area contributed by atoms with Gasteiger partial charge >= 0.3 is 0 Å². The number of carbonyl (C=O) groups excluding carboxylic acids is 1. The fraction of sp³-hybridized carbons (Fsp3) is 0.125. The normalized spacial score (nSPS) is 10.9. The summed E-state index contributed by atoms with van der Waals surface area (Å²) in [4.78, 5) is 15.5. The van der Waals surface area contributed by atoms with E-state index in [1.165, 1.54) is 17.3 Å². The lowest BCUT2D eigenvalue weighted by Gasteiger charge is -2.09. The van der Waals surface area contributed by atoms with Gasteiger partial charge in [-0.3, -0.25) is 0 Å². The molecule has 1 aromatic heterocycles. The molecule has 0 unspecified atom stereocenters. The number of carbonyl (C=O) groups is 1. The molecule has 2 aromatic carbocycles. The van der Waals surface area contributed by atoms with E-state index in [4.69, 9.17) is 0 Å². The standard InChI is InChI=1S/C16H14N2O2S/c19-15(20)10-18-14-9-5-4-8-13(14)17-16(18)21-11-12-6-2-1-3-7-12/h1-9H,10-11H2,(H,19,20)/p-1. The average Bonchev–Trinajstić information content (AvgIpc) is 2.84. The number of carboxylic acids is 1. The summed E-state index contributed by atoms with van der Waals surface area (Å²) in [6.45, 7) is -0.183. The maximum atomic E-state index is 11.0. The summed E-state index contributed by atoms with van der Waals surface area (Å²) in [6.07, 6.45) is 0. The Morgan fingerprint density at radius 2 is 1.81 bits per heavy atom. The topological polar surface area (TPSA) is 57.9 Å². The highest BCUT2D eigenvalue weighted by Gasteiger charge is 2.11. The van der Waals surface area contributed by atoms with E-state index in [1.54, 1.807) is 4.57 Å². The van der Waals surface area contributed by atoms with Crippen molar-refractivity contribution in [1.82, 2.24) is 9.55 Å². The predicted octanol–water partition coefficient (Wildman–Crippen LogP) is 2.08. The van der Waals surface area contributed by atoms with Gasteiger partial charge in [-0.25, -0.2) is 4.98 Å². The Hall–Kier alpha value is -2.27. The molecule has 21 heavy (non-hydrogen) atoms. The van der Waals surface area contributed by atoms with E-state index in [1.807, 2.05) is 54.6 Å². The second-order valence-corrected chi connectivity index (χ2v) is 5.56. The lowest BCUT2D eigenvalue weighted by Crippen LogP contribution is -2.27. The molecule has 0 amide bonds. The molecule has 0 atom stereocenters. The van der Waals surface area contributed by atoms with Crippen LogP contribution in [0.2, 0.25) is 0 Å². The summed E-state index contributed by atoms with van der Waals surface area (Å²) in [5, 5.41) is 11.7. The maximum Gasteiger partial charge on any atom is 0.169 e. The van der Waals surface area contributed by atoms with Crippen LogP contribution in [0.4, 0.5) is 0 Å². The highest BCUT2D eigenvalue weighted by Crippen LogP contribution is 2.26. The third-order valence-corrected chi connectivity index (χ3v) is 4.17. The van der Waals surface area contributed by atoms with Crippen molar-refractivity contribution in [1.29, 1.82) is 0 Å². The molecule has 4 nitrogen and oxygen atoms in total. The molecule has 0 saturated heterocycles. The first kappa shape index (κ1) is 13.7. The molecular weight excluding hydrogens is 284 g/mol. The van der Waals surface area contributed by atoms with Gasteiger partial charge in [-0.05, 0) is 17.7 Å². The summed E-state index contributed by atoms with van der Waals surface area (Å²) in [5.74, 6) is -0.364. The minimum Gasteiger partial charge on any atom is -0.548 e. The molecule has 0 aliphatic carbocycles. The Balaban J connectivity index is 1.91. The van der Waals surface area contributed by atoms with Crippen molar-refractivity contribution in [2.45, 2.75) is 17.5 Å². The van der Waals surface area contributed by atoms with Crippen LogP contribution in [0.1, 0.15) is 5.56 Å². The number of aliphatic carboxylic acids is 1. The molecule has 0 N–H and O–H groups in total. The lowest BCUT2D eigenvalue weighted by atomic mass is 10.2. The molecule has 0 aliphatic rings. The molecule has 0 saturated carbocycles. The van der Waals surface area contributed by atoms with E-state index in [9.17, 15) is 9.90 Å². The first-order valence-corrected chi connectivity index (χ1v) is 7.54. The third kappa shape index (κ3) is 3.08. The molecule has 3 rings (SSSR count). The van der Waals surface area contributed by atoms with Gasteiger partial charge < -0.3 is 14.5 Å². The number of nitrogens with zero attached hydrogens (tertiary/aromatic N) is 2. The van der Waals surface area contributed by atoms with E-state index >= 15 is 0 Å². The molecule has 0 fully saturated rings. The lowest BCUT2D eigenvalue weighted by molar-refractivity contribution is -0.306. The number of benzene rings is 2. The molecule has 0 aliphatic heterocycles. The first-order valence-electron chi connectivity index (χ1n) is 6.56. The minimum absolute atomic E-state index is 0.183. The van der Waals surface area contributed by atoms with Crippen molar-refractivity contribution in [3.63, 3.8) is 0 Å². The first-order chi connectivity index (χ1) is 10.2. The minimum atomic E-state index is -1.11. The summed E-state index contributed by atoms with van der Waals surface area (Å²) in [5.41, 5.74) is 2.79. The number of hydrogen-bond acceptors (Lipinski definition) is 4. The van der Waals surface area contributed by atoms with Crippen LogP contribution in [-0.2, 0) is 17.1 Å². The van der Waals surface area contributed by atoms with E-state index in [0.717, 1.165) is 16.8 Å². The van der Waals surface area contributed by atoms with Gasteiger partial charge in [-0.1, -0.05) is 54.2 Å². The van der Waals surface area contributed by atoms with Crippen LogP contribution in [-0.4, -0.2) is 15.5 Å². The van der Waals surface area contributed by atoms with E-state index in [-0.39, 0.29) is 6.54 Å². The van der Waals surface area contributed by atoms with Crippen molar-refractivity contribution >= 4 is 28.8 Å². The number of fused-ring (bicyclic) bond motifs is 1.